The first-order chi connectivity index (χ1) is 20.6. The molecule has 0 aliphatic carbocycles. The monoisotopic (exact) mass is 622 g/mol. The van der Waals surface area contributed by atoms with Crippen molar-refractivity contribution in [3.05, 3.63) is 95.1 Å². The molecule has 2 N–H and O–H groups in total. The number of thioether (sulfide) groups is 1. The Morgan fingerprint density at radius 2 is 1.65 bits per heavy atom. The van der Waals surface area contributed by atoms with Crippen LogP contribution in [0.2, 0.25) is 0 Å². The van der Waals surface area contributed by atoms with Crippen LogP contribution in [-0.4, -0.2) is 58.1 Å². The molecule has 0 radical (unpaired) electrons. The SMILES string of the molecule is Cc1cccc(-n2c(CNC(=O)c3ccc(S(=O)(=O)N4CCCC4)cc3)nnc2SCC(=O)Nc2ccc(F)cc2)c1C. The van der Waals surface area contributed by atoms with E-state index in [1.807, 2.05) is 36.6 Å². The predicted molar refractivity (Wildman–Crippen MR) is 162 cm³/mol. The number of hydrogen-bond donors (Lipinski definition) is 2. The average molecular weight is 623 g/mol. The lowest BCUT2D eigenvalue weighted by Crippen LogP contribution is -2.28. The van der Waals surface area contributed by atoms with Gasteiger partial charge in [-0.25, -0.2) is 12.8 Å². The molecule has 0 saturated carbocycles. The fourth-order valence-electron chi connectivity index (χ4n) is 4.71. The summed E-state index contributed by atoms with van der Waals surface area (Å²) in [4.78, 5) is 25.8. The van der Waals surface area contributed by atoms with E-state index in [9.17, 15) is 22.4 Å². The number of anilines is 1. The van der Waals surface area contributed by atoms with Crippen LogP contribution in [0.3, 0.4) is 0 Å². The Hall–Kier alpha value is -4.07. The highest BCUT2D eigenvalue weighted by Crippen LogP contribution is 2.26. The minimum absolute atomic E-state index is 0.0272. The van der Waals surface area contributed by atoms with Gasteiger partial charge in [0.25, 0.3) is 5.91 Å². The van der Waals surface area contributed by atoms with E-state index in [-0.39, 0.29) is 23.1 Å². The largest absolute Gasteiger partial charge is 0.345 e. The first-order valence-corrected chi connectivity index (χ1v) is 16.1. The topological polar surface area (TPSA) is 126 Å². The number of amides is 2. The number of aryl methyl sites for hydroxylation is 1. The van der Waals surface area contributed by atoms with E-state index in [1.165, 1.54) is 64.6 Å². The summed E-state index contributed by atoms with van der Waals surface area (Å²) in [6, 6.07) is 17.2. The maximum atomic E-state index is 13.2. The van der Waals surface area contributed by atoms with Gasteiger partial charge in [0.05, 0.1) is 22.9 Å². The van der Waals surface area contributed by atoms with Gasteiger partial charge in [-0.15, -0.1) is 10.2 Å². The molecule has 5 rings (SSSR count). The van der Waals surface area contributed by atoms with Crippen LogP contribution in [0.25, 0.3) is 5.69 Å². The van der Waals surface area contributed by atoms with Gasteiger partial charge in [-0.3, -0.25) is 14.2 Å². The Kier molecular flexibility index (Phi) is 9.23. The van der Waals surface area contributed by atoms with E-state index in [2.05, 4.69) is 20.8 Å². The number of aromatic nitrogens is 3. The van der Waals surface area contributed by atoms with Crippen LogP contribution in [-0.2, 0) is 21.4 Å². The first-order valence-electron chi connectivity index (χ1n) is 13.7. The van der Waals surface area contributed by atoms with Crippen LogP contribution in [0, 0.1) is 19.7 Å². The zero-order valence-corrected chi connectivity index (χ0v) is 25.3. The molecule has 43 heavy (non-hydrogen) atoms. The van der Waals surface area contributed by atoms with Crippen molar-refractivity contribution >= 4 is 39.3 Å². The Bertz CT molecular complexity index is 1740. The van der Waals surface area contributed by atoms with E-state index >= 15 is 0 Å². The molecule has 13 heteroatoms. The molecule has 1 aliphatic rings. The van der Waals surface area contributed by atoms with Crippen molar-refractivity contribution in [1.29, 1.82) is 0 Å². The molecule has 1 aliphatic heterocycles. The van der Waals surface area contributed by atoms with Crippen molar-refractivity contribution in [2.45, 2.75) is 43.3 Å². The molecule has 1 fully saturated rings. The van der Waals surface area contributed by atoms with Gasteiger partial charge < -0.3 is 10.6 Å². The summed E-state index contributed by atoms with van der Waals surface area (Å²) in [6.07, 6.45) is 1.69. The lowest BCUT2D eigenvalue weighted by atomic mass is 10.1. The summed E-state index contributed by atoms with van der Waals surface area (Å²) >= 11 is 1.18. The van der Waals surface area contributed by atoms with Crippen molar-refractivity contribution in [3.8, 4) is 5.69 Å². The second-order valence-corrected chi connectivity index (χ2v) is 13.0. The van der Waals surface area contributed by atoms with Gasteiger partial charge in [0.15, 0.2) is 11.0 Å². The van der Waals surface area contributed by atoms with Crippen LogP contribution in [0.15, 0.2) is 76.8 Å². The van der Waals surface area contributed by atoms with Gasteiger partial charge in [0.2, 0.25) is 15.9 Å². The predicted octanol–water partition coefficient (Wildman–Crippen LogP) is 4.47. The summed E-state index contributed by atoms with van der Waals surface area (Å²) < 4.78 is 42.1. The molecule has 10 nitrogen and oxygen atoms in total. The molecule has 1 saturated heterocycles. The highest BCUT2D eigenvalue weighted by molar-refractivity contribution is 7.99. The number of nitrogens with zero attached hydrogens (tertiary/aromatic N) is 4. The molecule has 2 heterocycles. The Balaban J connectivity index is 1.31. The second-order valence-electron chi connectivity index (χ2n) is 10.1. The van der Waals surface area contributed by atoms with Crippen LogP contribution in [0.1, 0.15) is 40.2 Å². The smallest absolute Gasteiger partial charge is 0.251 e. The summed E-state index contributed by atoms with van der Waals surface area (Å²) in [5, 5.41) is 14.7. The summed E-state index contributed by atoms with van der Waals surface area (Å²) in [5.74, 6) is -0.599. The maximum absolute atomic E-state index is 13.2. The number of nitrogens with one attached hydrogen (secondary N) is 2. The van der Waals surface area contributed by atoms with E-state index in [1.54, 1.807) is 0 Å². The Labute approximate surface area is 253 Å². The molecule has 0 spiro atoms. The van der Waals surface area contributed by atoms with Gasteiger partial charge >= 0.3 is 0 Å². The molecule has 3 aromatic carbocycles. The molecular formula is C30H31FN6O4S2. The van der Waals surface area contributed by atoms with Gasteiger partial charge in [0, 0.05) is 24.3 Å². The van der Waals surface area contributed by atoms with Crippen molar-refractivity contribution in [2.75, 3.05) is 24.2 Å². The van der Waals surface area contributed by atoms with Crippen LogP contribution >= 0.6 is 11.8 Å². The fourth-order valence-corrected chi connectivity index (χ4v) is 6.99. The highest BCUT2D eigenvalue weighted by atomic mass is 32.2. The van der Waals surface area contributed by atoms with E-state index in [0.29, 0.717) is 35.3 Å². The number of rotatable bonds is 10. The Morgan fingerprint density at radius 3 is 2.35 bits per heavy atom. The lowest BCUT2D eigenvalue weighted by molar-refractivity contribution is -0.113. The number of halogens is 1. The molecule has 0 bridgehead atoms. The number of benzene rings is 3. The van der Waals surface area contributed by atoms with Gasteiger partial charge in [-0.2, -0.15) is 4.31 Å². The third-order valence-electron chi connectivity index (χ3n) is 7.20. The number of carbonyl (C=O) groups is 2. The van der Waals surface area contributed by atoms with Crippen molar-refractivity contribution in [1.82, 2.24) is 24.4 Å². The molecule has 1 aromatic heterocycles. The van der Waals surface area contributed by atoms with Crippen LogP contribution < -0.4 is 10.6 Å². The molecule has 0 atom stereocenters. The van der Waals surface area contributed by atoms with E-state index in [4.69, 9.17) is 0 Å². The summed E-state index contributed by atoms with van der Waals surface area (Å²) in [5.41, 5.74) is 3.64. The number of hydrogen-bond acceptors (Lipinski definition) is 7. The third kappa shape index (κ3) is 6.95. The summed E-state index contributed by atoms with van der Waals surface area (Å²) in [6.45, 7) is 5.01. The van der Waals surface area contributed by atoms with Crippen LogP contribution in [0.5, 0.6) is 0 Å². The fraction of sp³-hybridized carbons (Fsp3) is 0.267. The standard InChI is InChI=1S/C30H31FN6O4S2/c1-20-6-5-7-26(21(20)2)37-27(34-35-30(37)42-19-28(38)33-24-12-10-23(31)11-13-24)18-32-29(39)22-8-14-25(15-9-22)43(40,41)36-16-3-4-17-36/h5-15H,3-4,16-19H2,1-2H3,(H,32,39)(H,33,38). The lowest BCUT2D eigenvalue weighted by Gasteiger charge is -2.16. The minimum Gasteiger partial charge on any atom is -0.345 e. The molecule has 0 unspecified atom stereocenters. The molecular weight excluding hydrogens is 592 g/mol. The van der Waals surface area contributed by atoms with Crippen LogP contribution in [0.4, 0.5) is 10.1 Å². The average Bonchev–Trinajstić information content (AvgIpc) is 3.69. The summed E-state index contributed by atoms with van der Waals surface area (Å²) in [7, 11) is -3.57. The quantitative estimate of drug-likeness (QED) is 0.250. The maximum Gasteiger partial charge on any atom is 0.251 e. The van der Waals surface area contributed by atoms with Crippen molar-refractivity contribution < 1.29 is 22.4 Å². The zero-order valence-electron chi connectivity index (χ0n) is 23.7. The first kappa shape index (κ1) is 30.4. The molecule has 2 amide bonds. The van der Waals surface area contributed by atoms with Gasteiger partial charge in [-0.1, -0.05) is 23.9 Å². The normalized spacial score (nSPS) is 13.7. The van der Waals surface area contributed by atoms with Gasteiger partial charge in [-0.05, 0) is 92.4 Å². The van der Waals surface area contributed by atoms with Crippen molar-refractivity contribution in [3.63, 3.8) is 0 Å². The zero-order chi connectivity index (χ0) is 30.6. The number of carbonyl (C=O) groups excluding carboxylic acids is 2. The Morgan fingerprint density at radius 1 is 0.953 bits per heavy atom. The third-order valence-corrected chi connectivity index (χ3v) is 10.0. The second kappa shape index (κ2) is 13.1. The molecule has 4 aromatic rings. The van der Waals surface area contributed by atoms with Gasteiger partial charge in [0.1, 0.15) is 5.82 Å². The molecule has 224 valence electrons. The highest BCUT2D eigenvalue weighted by Gasteiger charge is 2.27. The van der Waals surface area contributed by atoms with Crippen molar-refractivity contribution in [2.24, 2.45) is 0 Å². The van der Waals surface area contributed by atoms with E-state index < -0.39 is 21.7 Å². The number of sulfonamides is 1. The minimum atomic E-state index is -3.57. The van der Waals surface area contributed by atoms with E-state index in [0.717, 1.165) is 29.7 Å².